The normalized spacial score (nSPS) is 10.3. The molecular weight excluding hydrogens is 288 g/mol. The predicted octanol–water partition coefficient (Wildman–Crippen LogP) is 2.88. The van der Waals surface area contributed by atoms with Crippen LogP contribution in [0.4, 0.5) is 0 Å². The van der Waals surface area contributed by atoms with Crippen molar-refractivity contribution in [1.82, 2.24) is 0 Å². The lowest BCUT2D eigenvalue weighted by atomic mass is 10.0. The summed E-state index contributed by atoms with van der Waals surface area (Å²) in [7, 11) is 1.48. The van der Waals surface area contributed by atoms with Crippen LogP contribution < -0.4 is 4.74 Å². The molecule has 0 aromatic heterocycles. The van der Waals surface area contributed by atoms with Gasteiger partial charge in [-0.3, -0.25) is 4.79 Å². The Kier molecular flexibility index (Phi) is 4.81. The molecule has 1 aromatic carbocycles. The highest BCUT2D eigenvalue weighted by Gasteiger charge is 2.15. The second kappa shape index (κ2) is 5.91. The minimum Gasteiger partial charge on any atom is -0.504 e. The van der Waals surface area contributed by atoms with E-state index in [0.29, 0.717) is 23.1 Å². The fourth-order valence-corrected chi connectivity index (χ4v) is 2.40. The van der Waals surface area contributed by atoms with Crippen molar-refractivity contribution in [2.24, 2.45) is 0 Å². The number of carboxylic acids is 1. The maximum Gasteiger partial charge on any atom is 0.303 e. The largest absolute Gasteiger partial charge is 0.504 e. The topological polar surface area (TPSA) is 66.8 Å². The monoisotopic (exact) mass is 302 g/mol. The first-order valence-corrected chi connectivity index (χ1v) is 6.03. The molecule has 1 aromatic rings. The molecule has 0 aliphatic rings. The van der Waals surface area contributed by atoms with Crippen LogP contribution in [0.5, 0.6) is 11.5 Å². The number of carboxylic acid groups (broad SMARTS) is 1. The number of benzene rings is 1. The van der Waals surface area contributed by atoms with Gasteiger partial charge in [-0.05, 0) is 47.3 Å². The quantitative estimate of drug-likeness (QED) is 0.877. The Morgan fingerprint density at radius 2 is 2.18 bits per heavy atom. The maximum atomic E-state index is 10.4. The third-order valence-corrected chi connectivity index (χ3v) is 3.15. The van der Waals surface area contributed by atoms with E-state index in [2.05, 4.69) is 15.9 Å². The number of methoxy groups -OCH3 is 1. The van der Waals surface area contributed by atoms with Crippen molar-refractivity contribution in [3.8, 4) is 11.5 Å². The first-order valence-electron chi connectivity index (χ1n) is 5.24. The molecular formula is C12H15BrO4. The summed E-state index contributed by atoms with van der Waals surface area (Å²) in [5.74, 6) is -0.350. The second-order valence-corrected chi connectivity index (χ2v) is 4.64. The van der Waals surface area contributed by atoms with Gasteiger partial charge < -0.3 is 14.9 Å². The third-order valence-electron chi connectivity index (χ3n) is 2.56. The number of hydrogen-bond acceptors (Lipinski definition) is 3. The minimum atomic E-state index is -0.828. The van der Waals surface area contributed by atoms with Gasteiger partial charge in [0, 0.05) is 12.0 Å². The number of ether oxygens (including phenoxy) is 1. The lowest BCUT2D eigenvalue weighted by Crippen LogP contribution is -1.99. The van der Waals surface area contributed by atoms with Crippen molar-refractivity contribution in [2.45, 2.75) is 26.2 Å². The lowest BCUT2D eigenvalue weighted by Gasteiger charge is -2.13. The molecule has 94 valence electrons. The van der Waals surface area contributed by atoms with Crippen molar-refractivity contribution in [3.63, 3.8) is 0 Å². The maximum absolute atomic E-state index is 10.4. The van der Waals surface area contributed by atoms with E-state index in [1.54, 1.807) is 0 Å². The number of aromatic hydroxyl groups is 1. The zero-order valence-electron chi connectivity index (χ0n) is 9.79. The molecule has 0 aliphatic heterocycles. The van der Waals surface area contributed by atoms with Gasteiger partial charge in [-0.15, -0.1) is 0 Å². The Labute approximate surface area is 108 Å². The van der Waals surface area contributed by atoms with Crippen LogP contribution in [0, 0.1) is 6.92 Å². The van der Waals surface area contributed by atoms with Gasteiger partial charge >= 0.3 is 5.97 Å². The number of phenols is 1. The standard InChI is InChI=1S/C12H15BrO4/c1-7-6-9(13)12(17-2)11(16)8(7)4-3-5-10(14)15/h6,16H,3-5H2,1-2H3,(H,14,15). The Morgan fingerprint density at radius 3 is 2.71 bits per heavy atom. The van der Waals surface area contributed by atoms with Gasteiger partial charge in [0.05, 0.1) is 11.6 Å². The van der Waals surface area contributed by atoms with Gasteiger partial charge in [0.15, 0.2) is 11.5 Å². The summed E-state index contributed by atoms with van der Waals surface area (Å²) in [5.41, 5.74) is 1.66. The summed E-state index contributed by atoms with van der Waals surface area (Å²) in [6.07, 6.45) is 1.11. The fourth-order valence-electron chi connectivity index (χ4n) is 1.71. The van der Waals surface area contributed by atoms with Crippen LogP contribution in [0.25, 0.3) is 0 Å². The first-order chi connectivity index (χ1) is 7.97. The molecule has 2 N–H and O–H groups in total. The minimum absolute atomic E-state index is 0.0877. The van der Waals surface area contributed by atoms with Gasteiger partial charge in [0.1, 0.15) is 0 Å². The van der Waals surface area contributed by atoms with Gasteiger partial charge in [0.25, 0.3) is 0 Å². The summed E-state index contributed by atoms with van der Waals surface area (Å²) in [6, 6.07) is 1.86. The molecule has 17 heavy (non-hydrogen) atoms. The molecule has 0 amide bonds. The summed E-state index contributed by atoms with van der Waals surface area (Å²) in [6.45, 7) is 1.88. The van der Waals surface area contributed by atoms with Crippen molar-refractivity contribution in [1.29, 1.82) is 0 Å². The molecule has 0 aliphatic carbocycles. The molecule has 4 nitrogen and oxygen atoms in total. The summed E-state index contributed by atoms with van der Waals surface area (Å²) in [5, 5.41) is 18.6. The van der Waals surface area contributed by atoms with Gasteiger partial charge in [0.2, 0.25) is 0 Å². The fraction of sp³-hybridized carbons (Fsp3) is 0.417. The lowest BCUT2D eigenvalue weighted by molar-refractivity contribution is -0.137. The van der Waals surface area contributed by atoms with Crippen molar-refractivity contribution in [2.75, 3.05) is 7.11 Å². The molecule has 0 heterocycles. The number of rotatable bonds is 5. The third kappa shape index (κ3) is 3.36. The van der Waals surface area contributed by atoms with Crippen LogP contribution in [-0.2, 0) is 11.2 Å². The zero-order chi connectivity index (χ0) is 13.0. The van der Waals surface area contributed by atoms with E-state index in [0.717, 1.165) is 11.1 Å². The van der Waals surface area contributed by atoms with Crippen LogP contribution in [0.15, 0.2) is 10.5 Å². The van der Waals surface area contributed by atoms with E-state index in [-0.39, 0.29) is 12.2 Å². The number of phenolic OH excluding ortho intramolecular Hbond substituents is 1. The molecule has 0 unspecified atom stereocenters. The van der Waals surface area contributed by atoms with Crippen LogP contribution in [0.3, 0.4) is 0 Å². The summed E-state index contributed by atoms with van der Waals surface area (Å²) < 4.78 is 5.78. The van der Waals surface area contributed by atoms with E-state index in [9.17, 15) is 9.90 Å². The average Bonchev–Trinajstić information content (AvgIpc) is 2.22. The van der Waals surface area contributed by atoms with Crippen LogP contribution in [0.2, 0.25) is 0 Å². The molecule has 5 heteroatoms. The number of aryl methyl sites for hydroxylation is 1. The first kappa shape index (κ1) is 13.8. The van der Waals surface area contributed by atoms with Crippen LogP contribution in [-0.4, -0.2) is 23.3 Å². The SMILES string of the molecule is COc1c(Br)cc(C)c(CCCC(=O)O)c1O. The van der Waals surface area contributed by atoms with E-state index in [1.165, 1.54) is 7.11 Å². The highest BCUT2D eigenvalue weighted by Crippen LogP contribution is 2.39. The van der Waals surface area contributed by atoms with Gasteiger partial charge in [-0.1, -0.05) is 0 Å². The number of hydrogen-bond donors (Lipinski definition) is 2. The van der Waals surface area contributed by atoms with Gasteiger partial charge in [-0.2, -0.15) is 0 Å². The molecule has 0 bridgehead atoms. The van der Waals surface area contributed by atoms with E-state index < -0.39 is 5.97 Å². The zero-order valence-corrected chi connectivity index (χ0v) is 11.4. The highest BCUT2D eigenvalue weighted by atomic mass is 79.9. The van der Waals surface area contributed by atoms with Crippen molar-refractivity contribution < 1.29 is 19.7 Å². The summed E-state index contributed by atoms with van der Waals surface area (Å²) in [4.78, 5) is 10.4. The predicted molar refractivity (Wildman–Crippen MR) is 67.7 cm³/mol. The average molecular weight is 303 g/mol. The molecule has 0 spiro atoms. The Morgan fingerprint density at radius 1 is 1.53 bits per heavy atom. The molecule has 1 rings (SSSR count). The van der Waals surface area contributed by atoms with Crippen molar-refractivity contribution >= 4 is 21.9 Å². The van der Waals surface area contributed by atoms with Crippen LogP contribution in [0.1, 0.15) is 24.0 Å². The Hall–Kier alpha value is -1.23. The Balaban J connectivity index is 2.94. The molecule has 0 fully saturated rings. The number of aliphatic carboxylic acids is 1. The van der Waals surface area contributed by atoms with Crippen molar-refractivity contribution in [3.05, 3.63) is 21.7 Å². The van der Waals surface area contributed by atoms with E-state index >= 15 is 0 Å². The number of halogens is 1. The van der Waals surface area contributed by atoms with E-state index in [1.807, 2.05) is 13.0 Å². The molecule has 0 saturated heterocycles. The van der Waals surface area contributed by atoms with Crippen LogP contribution >= 0.6 is 15.9 Å². The number of carbonyl (C=O) groups is 1. The molecule has 0 saturated carbocycles. The smallest absolute Gasteiger partial charge is 0.303 e. The van der Waals surface area contributed by atoms with Gasteiger partial charge in [-0.25, -0.2) is 0 Å². The summed E-state index contributed by atoms with van der Waals surface area (Å²) >= 11 is 3.30. The molecule has 0 atom stereocenters. The van der Waals surface area contributed by atoms with E-state index in [4.69, 9.17) is 9.84 Å². The Bertz CT molecular complexity index is 429. The molecule has 0 radical (unpaired) electrons. The second-order valence-electron chi connectivity index (χ2n) is 3.78. The highest BCUT2D eigenvalue weighted by molar-refractivity contribution is 9.10.